The molecule has 1 aromatic rings. The molecule has 0 saturated heterocycles. The smallest absolute Gasteiger partial charge is 0.139 e. The normalized spacial score (nSPS) is 13.6. The van der Waals surface area contributed by atoms with Crippen molar-refractivity contribution < 1.29 is 4.74 Å². The first-order chi connectivity index (χ1) is 13.6. The molecule has 1 rings (SSSR count). The van der Waals surface area contributed by atoms with Gasteiger partial charge in [-0.15, -0.1) is 0 Å². The molecule has 1 aromatic carbocycles. The van der Waals surface area contributed by atoms with Gasteiger partial charge in [-0.05, 0) is 81.2 Å². The Balaban J connectivity index is 3.18. The Morgan fingerprint density at radius 1 is 0.931 bits per heavy atom. The summed E-state index contributed by atoms with van der Waals surface area (Å²) in [6.07, 6.45) is 9.07. The summed E-state index contributed by atoms with van der Waals surface area (Å²) < 4.78 is 8.84. The van der Waals surface area contributed by atoms with Crippen LogP contribution in [0.5, 0.6) is 5.75 Å². The van der Waals surface area contributed by atoms with Crippen molar-refractivity contribution in [2.75, 3.05) is 0 Å². The van der Waals surface area contributed by atoms with Crippen LogP contribution in [0.4, 0.5) is 0 Å². The van der Waals surface area contributed by atoms with Gasteiger partial charge in [-0.25, -0.2) is 0 Å². The lowest BCUT2D eigenvalue weighted by atomic mass is 9.58. The maximum absolute atomic E-state index is 6.80. The first-order valence-corrected chi connectivity index (χ1v) is 13.7. The maximum atomic E-state index is 6.80. The second kappa shape index (κ2) is 13.2. The summed E-state index contributed by atoms with van der Waals surface area (Å²) in [7, 11) is 0. The van der Waals surface area contributed by atoms with Crippen LogP contribution in [0.25, 0.3) is 0 Å². The largest absolute Gasteiger partial charge is 0.488 e. The number of hydrogen-bond donors (Lipinski definition) is 0. The van der Waals surface area contributed by atoms with Crippen LogP contribution in [-0.2, 0) is 0 Å². The lowest BCUT2D eigenvalue weighted by Crippen LogP contribution is -2.51. The molecule has 1 nitrogen and oxygen atoms in total. The minimum absolute atomic E-state index is 0.102. The average molecular weight is 600 g/mol. The molecule has 0 fully saturated rings. The molecule has 29 heavy (non-hydrogen) atoms. The van der Waals surface area contributed by atoms with Crippen LogP contribution >= 0.6 is 50.1 Å². The first-order valence-electron chi connectivity index (χ1n) is 11.4. The van der Waals surface area contributed by atoms with E-state index in [0.29, 0.717) is 17.8 Å². The van der Waals surface area contributed by atoms with E-state index in [1.165, 1.54) is 38.5 Å². The van der Waals surface area contributed by atoms with Crippen molar-refractivity contribution in [3.8, 4) is 5.75 Å². The number of ether oxygens (including phenoxy) is 1. The molecule has 4 heteroatoms. The molecule has 0 aliphatic rings. The molecule has 0 amide bonds. The van der Waals surface area contributed by atoms with Gasteiger partial charge in [0.1, 0.15) is 11.9 Å². The van der Waals surface area contributed by atoms with Crippen molar-refractivity contribution in [3.05, 3.63) is 25.2 Å². The predicted octanol–water partition coefficient (Wildman–Crippen LogP) is 10.2. The third-order valence-electron chi connectivity index (χ3n) is 6.65. The van der Waals surface area contributed by atoms with Crippen LogP contribution in [0.1, 0.15) is 93.4 Å². The fraction of sp³-hybridized carbons (Fsp3) is 0.760. The lowest BCUT2D eigenvalue weighted by molar-refractivity contribution is -0.0714. The molecule has 0 N–H and O–H groups in total. The van der Waals surface area contributed by atoms with Crippen molar-refractivity contribution in [1.82, 2.24) is 0 Å². The summed E-state index contributed by atoms with van der Waals surface area (Å²) in [4.78, 5) is 0. The number of hydrogen-bond acceptors (Lipinski definition) is 1. The summed E-state index contributed by atoms with van der Waals surface area (Å²) in [5, 5.41) is 0.720. The zero-order valence-electron chi connectivity index (χ0n) is 19.5. The van der Waals surface area contributed by atoms with Crippen LogP contribution in [0.2, 0.25) is 5.02 Å². The molecule has 0 aliphatic heterocycles. The Labute approximate surface area is 207 Å². The maximum Gasteiger partial charge on any atom is 0.139 e. The van der Waals surface area contributed by atoms with E-state index in [1.54, 1.807) is 0 Å². The van der Waals surface area contributed by atoms with E-state index in [0.717, 1.165) is 25.2 Å². The monoisotopic (exact) mass is 598 g/mol. The Hall–Kier alpha value is 0.520. The third kappa shape index (κ3) is 7.00. The summed E-state index contributed by atoms with van der Waals surface area (Å²) in [5.74, 6) is 2.41. The zero-order chi connectivity index (χ0) is 22.2. The first kappa shape index (κ1) is 27.6. The van der Waals surface area contributed by atoms with E-state index in [-0.39, 0.29) is 11.5 Å². The molecule has 0 spiro atoms. The zero-order valence-corrected chi connectivity index (χ0v) is 24.0. The molecular weight excluding hydrogens is 559 g/mol. The molecule has 0 aliphatic carbocycles. The average Bonchev–Trinajstić information content (AvgIpc) is 2.64. The molecule has 1 unspecified atom stereocenters. The van der Waals surface area contributed by atoms with Gasteiger partial charge < -0.3 is 4.74 Å². The van der Waals surface area contributed by atoms with Crippen LogP contribution in [0, 0.1) is 26.7 Å². The summed E-state index contributed by atoms with van der Waals surface area (Å²) in [6, 6.07) is 4.07. The highest BCUT2D eigenvalue weighted by Crippen LogP contribution is 2.49. The molecule has 0 heterocycles. The SMILES string of the molecule is CCCCCCCCC(Oc1ccc(Br)c(I)c1Cl)C(C(C)C)(C(C)C)C(C)C. The second-order valence-electron chi connectivity index (χ2n) is 9.30. The van der Waals surface area contributed by atoms with Crippen molar-refractivity contribution in [2.24, 2.45) is 23.2 Å². The molecular formula is C25H41BrClIO. The minimum atomic E-state index is 0.102. The van der Waals surface area contributed by atoms with Crippen molar-refractivity contribution >= 4 is 50.1 Å². The standard InChI is InChI=1S/C25H41BrClIO/c1-8-9-10-11-12-13-14-22(25(17(2)3,18(4)5)19(6)7)29-21-16-15-20(26)24(28)23(21)27/h15-19,22H,8-14H2,1-7H3. The summed E-state index contributed by atoms with van der Waals surface area (Å²) in [5.41, 5.74) is 0.102. The van der Waals surface area contributed by atoms with Crippen molar-refractivity contribution in [2.45, 2.75) is 99.5 Å². The number of unbranched alkanes of at least 4 members (excludes halogenated alkanes) is 5. The molecule has 0 saturated carbocycles. The van der Waals surface area contributed by atoms with Crippen molar-refractivity contribution in [1.29, 1.82) is 0 Å². The summed E-state index contributed by atoms with van der Waals surface area (Å²) >= 11 is 12.6. The van der Waals surface area contributed by atoms with Gasteiger partial charge in [0.2, 0.25) is 0 Å². The second-order valence-corrected chi connectivity index (χ2v) is 11.6. The van der Waals surface area contributed by atoms with Gasteiger partial charge in [-0.3, -0.25) is 0 Å². The fourth-order valence-electron chi connectivity index (χ4n) is 5.39. The van der Waals surface area contributed by atoms with E-state index in [2.05, 4.69) is 87.0 Å². The lowest BCUT2D eigenvalue weighted by Gasteiger charge is -2.50. The van der Waals surface area contributed by atoms with Gasteiger partial charge in [0.05, 0.1) is 5.02 Å². The third-order valence-corrected chi connectivity index (χ3v) is 9.86. The minimum Gasteiger partial charge on any atom is -0.488 e. The highest BCUT2D eigenvalue weighted by atomic mass is 127. The molecule has 0 bridgehead atoms. The van der Waals surface area contributed by atoms with Gasteiger partial charge in [-0.2, -0.15) is 0 Å². The Morgan fingerprint density at radius 2 is 1.45 bits per heavy atom. The van der Waals surface area contributed by atoms with E-state index in [1.807, 2.05) is 12.1 Å². The van der Waals surface area contributed by atoms with Crippen molar-refractivity contribution in [3.63, 3.8) is 0 Å². The highest BCUT2D eigenvalue weighted by molar-refractivity contribution is 14.1. The molecule has 168 valence electrons. The topological polar surface area (TPSA) is 9.23 Å². The van der Waals surface area contributed by atoms with Gasteiger partial charge in [-0.1, -0.05) is 92.2 Å². The number of rotatable bonds is 13. The predicted molar refractivity (Wildman–Crippen MR) is 141 cm³/mol. The Kier molecular flexibility index (Phi) is 12.5. The number of benzene rings is 1. The Bertz CT molecular complexity index is 593. The summed E-state index contributed by atoms with van der Waals surface area (Å²) in [6.45, 7) is 16.5. The molecule has 1 atom stereocenters. The highest BCUT2D eigenvalue weighted by Gasteiger charge is 2.48. The van der Waals surface area contributed by atoms with Crippen LogP contribution in [0.15, 0.2) is 16.6 Å². The van der Waals surface area contributed by atoms with Crippen LogP contribution < -0.4 is 4.74 Å². The van der Waals surface area contributed by atoms with E-state index in [4.69, 9.17) is 16.3 Å². The van der Waals surface area contributed by atoms with Gasteiger partial charge in [0, 0.05) is 13.5 Å². The van der Waals surface area contributed by atoms with Crippen LogP contribution in [0.3, 0.4) is 0 Å². The molecule has 0 radical (unpaired) electrons. The van der Waals surface area contributed by atoms with E-state index >= 15 is 0 Å². The van der Waals surface area contributed by atoms with Gasteiger partial charge >= 0.3 is 0 Å². The van der Waals surface area contributed by atoms with E-state index in [9.17, 15) is 0 Å². The quantitative estimate of drug-likeness (QED) is 0.125. The van der Waals surface area contributed by atoms with E-state index < -0.39 is 0 Å². The fourth-order valence-corrected chi connectivity index (χ4v) is 6.49. The van der Waals surface area contributed by atoms with Gasteiger partial charge in [0.15, 0.2) is 0 Å². The van der Waals surface area contributed by atoms with Gasteiger partial charge in [0.25, 0.3) is 0 Å². The molecule has 0 aromatic heterocycles. The number of halogens is 3. The van der Waals surface area contributed by atoms with Crippen LogP contribution in [-0.4, -0.2) is 6.10 Å². The Morgan fingerprint density at radius 3 is 1.97 bits per heavy atom.